The van der Waals surface area contributed by atoms with E-state index in [1.54, 1.807) is 6.55 Å². The first kappa shape index (κ1) is 11.1. The van der Waals surface area contributed by atoms with E-state index >= 15 is 0 Å². The van der Waals surface area contributed by atoms with Gasteiger partial charge in [-0.05, 0) is 19.8 Å². The Labute approximate surface area is 91.3 Å². The van der Waals surface area contributed by atoms with Crippen molar-refractivity contribution in [1.82, 2.24) is 0 Å². The zero-order valence-corrected chi connectivity index (χ0v) is 10.3. The van der Waals surface area contributed by atoms with Gasteiger partial charge >= 0.3 is 14.8 Å². The first-order valence-corrected chi connectivity index (χ1v) is 7.92. The van der Waals surface area contributed by atoms with E-state index in [-0.39, 0.29) is 18.0 Å². The van der Waals surface area contributed by atoms with Crippen molar-refractivity contribution in [2.24, 2.45) is 5.92 Å². The van der Waals surface area contributed by atoms with Crippen LogP contribution in [-0.4, -0.2) is 27.5 Å². The molecule has 1 saturated carbocycles. The van der Waals surface area contributed by atoms with Gasteiger partial charge in [-0.15, -0.1) is 0 Å². The Morgan fingerprint density at radius 2 is 2.20 bits per heavy atom. The number of hydrogen-bond donors (Lipinski definition) is 0. The maximum atomic E-state index is 11.8. The average molecular weight is 230 g/mol. The Kier molecular flexibility index (Phi) is 3.13. The molecule has 1 aliphatic heterocycles. The monoisotopic (exact) mass is 230 g/mol. The molecule has 0 spiro atoms. The van der Waals surface area contributed by atoms with Crippen LogP contribution in [0.25, 0.3) is 0 Å². The summed E-state index contributed by atoms with van der Waals surface area (Å²) in [5.74, 6) is -0.145. The highest BCUT2D eigenvalue weighted by Gasteiger charge is 2.51. The second-order valence-electron chi connectivity index (χ2n) is 4.26. The van der Waals surface area contributed by atoms with Crippen LogP contribution in [0.15, 0.2) is 0 Å². The van der Waals surface area contributed by atoms with Gasteiger partial charge in [-0.3, -0.25) is 4.79 Å². The van der Waals surface area contributed by atoms with Crippen LogP contribution in [0, 0.1) is 5.92 Å². The molecular formula is C10H18O4Si. The molecule has 2 fully saturated rings. The van der Waals surface area contributed by atoms with Crippen LogP contribution >= 0.6 is 0 Å². The van der Waals surface area contributed by atoms with Crippen LogP contribution in [0.4, 0.5) is 0 Å². The SMILES string of the molecule is CCO[Si]1(C)OC(=O)C2CCCCC2O1. The summed E-state index contributed by atoms with van der Waals surface area (Å²) in [5, 5.41) is 0. The van der Waals surface area contributed by atoms with Crippen LogP contribution in [0.3, 0.4) is 0 Å². The molecule has 0 aromatic rings. The van der Waals surface area contributed by atoms with Crippen LogP contribution in [0.2, 0.25) is 6.55 Å². The highest BCUT2D eigenvalue weighted by atomic mass is 28.4. The van der Waals surface area contributed by atoms with Crippen LogP contribution in [-0.2, 0) is 18.1 Å². The lowest BCUT2D eigenvalue weighted by Gasteiger charge is -2.41. The number of hydrogen-bond acceptors (Lipinski definition) is 4. The van der Waals surface area contributed by atoms with E-state index < -0.39 is 8.80 Å². The molecule has 1 aliphatic carbocycles. The van der Waals surface area contributed by atoms with Gasteiger partial charge in [-0.25, -0.2) is 0 Å². The Hall–Kier alpha value is -0.393. The van der Waals surface area contributed by atoms with Gasteiger partial charge in [0.15, 0.2) is 0 Å². The van der Waals surface area contributed by atoms with Crippen molar-refractivity contribution in [3.63, 3.8) is 0 Å². The average Bonchev–Trinajstić information content (AvgIpc) is 2.17. The zero-order valence-electron chi connectivity index (χ0n) is 9.32. The summed E-state index contributed by atoms with van der Waals surface area (Å²) in [4.78, 5) is 11.8. The summed E-state index contributed by atoms with van der Waals surface area (Å²) in [6.45, 7) is 4.23. The van der Waals surface area contributed by atoms with Crippen LogP contribution in [0.5, 0.6) is 0 Å². The first-order valence-electron chi connectivity index (χ1n) is 5.69. The summed E-state index contributed by atoms with van der Waals surface area (Å²) in [6.07, 6.45) is 4.16. The summed E-state index contributed by atoms with van der Waals surface area (Å²) in [6, 6.07) is 0. The third-order valence-corrected chi connectivity index (χ3v) is 5.18. The second-order valence-corrected chi connectivity index (χ2v) is 6.72. The standard InChI is InChI=1S/C10H18O4Si/c1-3-12-15(2)13-9-7-5-4-6-8(9)10(11)14-15/h8-9H,3-7H2,1-2H3. The van der Waals surface area contributed by atoms with E-state index in [4.69, 9.17) is 13.3 Å². The molecule has 1 heterocycles. The molecular weight excluding hydrogens is 212 g/mol. The van der Waals surface area contributed by atoms with Gasteiger partial charge in [-0.2, -0.15) is 0 Å². The normalized spacial score (nSPS) is 40.8. The fraction of sp³-hybridized carbons (Fsp3) is 0.900. The molecule has 1 saturated heterocycles. The second kappa shape index (κ2) is 4.23. The summed E-state index contributed by atoms with van der Waals surface area (Å²) in [5.41, 5.74) is 0. The van der Waals surface area contributed by atoms with E-state index in [2.05, 4.69) is 0 Å². The van der Waals surface area contributed by atoms with E-state index in [1.807, 2.05) is 6.92 Å². The zero-order chi connectivity index (χ0) is 10.9. The quantitative estimate of drug-likeness (QED) is 0.678. The third-order valence-electron chi connectivity index (χ3n) is 3.06. The van der Waals surface area contributed by atoms with E-state index in [0.29, 0.717) is 6.61 Å². The van der Waals surface area contributed by atoms with Gasteiger partial charge in [0.05, 0.1) is 12.0 Å². The lowest BCUT2D eigenvalue weighted by atomic mass is 9.87. The van der Waals surface area contributed by atoms with Crippen molar-refractivity contribution < 1.29 is 18.1 Å². The summed E-state index contributed by atoms with van der Waals surface area (Å²) < 4.78 is 16.7. The van der Waals surface area contributed by atoms with Crippen molar-refractivity contribution in [3.8, 4) is 0 Å². The lowest BCUT2D eigenvalue weighted by molar-refractivity contribution is -0.160. The van der Waals surface area contributed by atoms with E-state index in [1.165, 1.54) is 0 Å². The number of carbonyl (C=O) groups is 1. The van der Waals surface area contributed by atoms with Crippen molar-refractivity contribution in [3.05, 3.63) is 0 Å². The first-order chi connectivity index (χ1) is 7.14. The maximum Gasteiger partial charge on any atom is 0.564 e. The molecule has 86 valence electrons. The molecule has 3 atom stereocenters. The Morgan fingerprint density at radius 1 is 1.47 bits per heavy atom. The molecule has 0 radical (unpaired) electrons. The minimum atomic E-state index is -2.66. The highest BCUT2D eigenvalue weighted by Crippen LogP contribution is 2.35. The number of carbonyl (C=O) groups excluding carboxylic acids is 1. The fourth-order valence-electron chi connectivity index (χ4n) is 2.39. The topological polar surface area (TPSA) is 44.8 Å². The van der Waals surface area contributed by atoms with Crippen LogP contribution in [0.1, 0.15) is 32.6 Å². The molecule has 0 bridgehead atoms. The van der Waals surface area contributed by atoms with Crippen molar-refractivity contribution in [2.45, 2.75) is 45.3 Å². The minimum absolute atomic E-state index is 0.0419. The predicted octanol–water partition coefficient (Wildman–Crippen LogP) is 1.72. The van der Waals surface area contributed by atoms with E-state index in [0.717, 1.165) is 25.7 Å². The molecule has 0 N–H and O–H groups in total. The Morgan fingerprint density at radius 3 is 2.93 bits per heavy atom. The van der Waals surface area contributed by atoms with Crippen molar-refractivity contribution in [2.75, 3.05) is 6.61 Å². The van der Waals surface area contributed by atoms with Gasteiger partial charge in [0.25, 0.3) is 0 Å². The van der Waals surface area contributed by atoms with Gasteiger partial charge in [0.2, 0.25) is 0 Å². The number of fused-ring (bicyclic) bond motifs is 1. The lowest BCUT2D eigenvalue weighted by Crippen LogP contribution is -2.56. The summed E-state index contributed by atoms with van der Waals surface area (Å²) >= 11 is 0. The largest absolute Gasteiger partial charge is 0.564 e. The van der Waals surface area contributed by atoms with Gasteiger partial charge in [0.1, 0.15) is 0 Å². The van der Waals surface area contributed by atoms with Gasteiger partial charge < -0.3 is 13.3 Å². The molecule has 4 nitrogen and oxygen atoms in total. The predicted molar refractivity (Wildman–Crippen MR) is 56.2 cm³/mol. The molecule has 0 aromatic carbocycles. The molecule has 0 aromatic heterocycles. The number of rotatable bonds is 2. The smallest absolute Gasteiger partial charge is 0.473 e. The molecule has 2 aliphatic rings. The third kappa shape index (κ3) is 2.24. The van der Waals surface area contributed by atoms with Crippen LogP contribution < -0.4 is 0 Å². The molecule has 15 heavy (non-hydrogen) atoms. The molecule has 2 rings (SSSR count). The summed E-state index contributed by atoms with van der Waals surface area (Å²) in [7, 11) is -2.66. The van der Waals surface area contributed by atoms with Crippen molar-refractivity contribution >= 4 is 14.8 Å². The molecule has 0 amide bonds. The van der Waals surface area contributed by atoms with E-state index in [9.17, 15) is 4.79 Å². The Balaban J connectivity index is 2.07. The maximum absolute atomic E-state index is 11.8. The minimum Gasteiger partial charge on any atom is -0.473 e. The van der Waals surface area contributed by atoms with Crippen molar-refractivity contribution in [1.29, 1.82) is 0 Å². The Bertz CT molecular complexity index is 258. The van der Waals surface area contributed by atoms with Gasteiger partial charge in [-0.1, -0.05) is 12.8 Å². The molecule has 3 unspecified atom stereocenters. The van der Waals surface area contributed by atoms with Gasteiger partial charge in [0, 0.05) is 13.2 Å². The highest BCUT2D eigenvalue weighted by molar-refractivity contribution is 6.61. The molecule has 5 heteroatoms. The fourth-order valence-corrected chi connectivity index (χ4v) is 4.44.